The minimum atomic E-state index is -0.176. The van der Waals surface area contributed by atoms with Gasteiger partial charge in [0.2, 0.25) is 5.95 Å². The SMILES string of the molecule is CC1(C)c2ccccc2-c2cc3c4cc(-c5csc(-c6cccc(-c7cc8ccccc8cn7)c6)c5)ccc4n(-c4nc(-c5ccccc5)nc(-c5ccccc5)n4)c3cc21. The first kappa shape index (κ1) is 35.4. The zero-order chi connectivity index (χ0) is 40.7. The Hall–Kier alpha value is -7.54. The fraction of sp³-hybridized carbons (Fsp3) is 0.0545. The molecule has 0 aliphatic heterocycles. The molecule has 1 aliphatic carbocycles. The van der Waals surface area contributed by atoms with Gasteiger partial charge in [0.25, 0.3) is 0 Å². The highest BCUT2D eigenvalue weighted by Crippen LogP contribution is 2.51. The summed E-state index contributed by atoms with van der Waals surface area (Å²) in [4.78, 5) is 21.5. The maximum absolute atomic E-state index is 5.24. The van der Waals surface area contributed by atoms with Crippen LogP contribution in [0.25, 0.3) is 105 Å². The number of thiophene rings is 1. The third-order valence-corrected chi connectivity index (χ3v) is 13.3. The van der Waals surface area contributed by atoms with E-state index in [0.717, 1.165) is 55.1 Å². The third kappa shape index (κ3) is 5.82. The molecule has 1 aliphatic rings. The van der Waals surface area contributed by atoms with Crippen LogP contribution in [0.5, 0.6) is 0 Å². The van der Waals surface area contributed by atoms with Gasteiger partial charge < -0.3 is 0 Å². The van der Waals surface area contributed by atoms with Crippen molar-refractivity contribution in [3.63, 3.8) is 0 Å². The van der Waals surface area contributed by atoms with Crippen molar-refractivity contribution in [2.75, 3.05) is 0 Å². The topological polar surface area (TPSA) is 56.5 Å². The van der Waals surface area contributed by atoms with Crippen LogP contribution in [0.2, 0.25) is 0 Å². The van der Waals surface area contributed by atoms with Crippen LogP contribution in [-0.2, 0) is 5.41 Å². The normalized spacial score (nSPS) is 12.9. The molecule has 7 aromatic carbocycles. The molecule has 0 N–H and O–H groups in total. The minimum absolute atomic E-state index is 0.176. The molecule has 0 bridgehead atoms. The number of benzene rings is 7. The maximum atomic E-state index is 5.24. The van der Waals surface area contributed by atoms with Gasteiger partial charge in [0, 0.05) is 49.3 Å². The van der Waals surface area contributed by atoms with Gasteiger partial charge in [-0.2, -0.15) is 9.97 Å². The van der Waals surface area contributed by atoms with Gasteiger partial charge in [0.15, 0.2) is 11.6 Å². The van der Waals surface area contributed by atoms with E-state index in [2.05, 4.69) is 163 Å². The number of fused-ring (bicyclic) bond motifs is 7. The molecular formula is C55H37N5S. The van der Waals surface area contributed by atoms with E-state index in [1.165, 1.54) is 43.6 Å². The lowest BCUT2D eigenvalue weighted by molar-refractivity contribution is 0.661. The summed E-state index contributed by atoms with van der Waals surface area (Å²) in [5.74, 6) is 1.86. The number of hydrogen-bond acceptors (Lipinski definition) is 5. The summed E-state index contributed by atoms with van der Waals surface area (Å²) in [6.07, 6.45) is 1.97. The fourth-order valence-electron chi connectivity index (χ4n) is 9.22. The molecule has 0 radical (unpaired) electrons. The Morgan fingerprint density at radius 2 is 1.13 bits per heavy atom. The molecule has 61 heavy (non-hydrogen) atoms. The van der Waals surface area contributed by atoms with Gasteiger partial charge in [0.05, 0.1) is 16.7 Å². The molecule has 11 aromatic rings. The van der Waals surface area contributed by atoms with Gasteiger partial charge in [-0.3, -0.25) is 9.55 Å². The Kier molecular flexibility index (Phi) is 7.99. The number of nitrogens with zero attached hydrogens (tertiary/aromatic N) is 5. The van der Waals surface area contributed by atoms with Crippen LogP contribution in [0.4, 0.5) is 0 Å². The lowest BCUT2D eigenvalue weighted by atomic mass is 9.82. The molecule has 0 atom stereocenters. The second-order valence-corrected chi connectivity index (χ2v) is 17.3. The van der Waals surface area contributed by atoms with Crippen LogP contribution in [0.1, 0.15) is 25.0 Å². The van der Waals surface area contributed by atoms with Crippen molar-refractivity contribution in [2.45, 2.75) is 19.3 Å². The van der Waals surface area contributed by atoms with E-state index in [1.54, 1.807) is 11.3 Å². The third-order valence-electron chi connectivity index (χ3n) is 12.4. The molecule has 5 nitrogen and oxygen atoms in total. The summed E-state index contributed by atoms with van der Waals surface area (Å²) >= 11 is 1.77. The van der Waals surface area contributed by atoms with Gasteiger partial charge in [0.1, 0.15) is 0 Å². The molecule has 0 fully saturated rings. The molecule has 4 aromatic heterocycles. The second kappa shape index (κ2) is 13.8. The second-order valence-electron chi connectivity index (χ2n) is 16.4. The van der Waals surface area contributed by atoms with Crippen LogP contribution in [0, 0.1) is 0 Å². The lowest BCUT2D eigenvalue weighted by Crippen LogP contribution is -2.15. The lowest BCUT2D eigenvalue weighted by Gasteiger charge is -2.21. The Morgan fingerprint density at radius 3 is 1.92 bits per heavy atom. The predicted molar refractivity (Wildman–Crippen MR) is 252 cm³/mol. The molecule has 0 saturated carbocycles. The van der Waals surface area contributed by atoms with Crippen molar-refractivity contribution in [3.8, 4) is 72.7 Å². The first-order valence-electron chi connectivity index (χ1n) is 20.6. The largest absolute Gasteiger partial charge is 0.278 e. The van der Waals surface area contributed by atoms with Crippen molar-refractivity contribution in [2.24, 2.45) is 0 Å². The first-order chi connectivity index (χ1) is 30.0. The van der Waals surface area contributed by atoms with Gasteiger partial charge in [-0.05, 0) is 92.2 Å². The van der Waals surface area contributed by atoms with Gasteiger partial charge in [-0.1, -0.05) is 147 Å². The van der Waals surface area contributed by atoms with Gasteiger partial charge in [-0.25, -0.2) is 4.98 Å². The molecule has 4 heterocycles. The van der Waals surface area contributed by atoms with E-state index >= 15 is 0 Å². The van der Waals surface area contributed by atoms with E-state index in [-0.39, 0.29) is 5.41 Å². The highest BCUT2D eigenvalue weighted by atomic mass is 32.1. The van der Waals surface area contributed by atoms with E-state index in [9.17, 15) is 0 Å². The Balaban J connectivity index is 1.03. The first-order valence-corrected chi connectivity index (χ1v) is 21.5. The molecule has 6 heteroatoms. The monoisotopic (exact) mass is 799 g/mol. The average Bonchev–Trinajstić information content (AvgIpc) is 4.00. The average molecular weight is 800 g/mol. The van der Waals surface area contributed by atoms with E-state index < -0.39 is 0 Å². The number of rotatable bonds is 6. The summed E-state index contributed by atoms with van der Waals surface area (Å²) in [6, 6.07) is 62.5. The van der Waals surface area contributed by atoms with Crippen LogP contribution in [0.3, 0.4) is 0 Å². The summed E-state index contributed by atoms with van der Waals surface area (Å²) < 4.78 is 2.25. The Bertz CT molecular complexity index is 3450. The summed E-state index contributed by atoms with van der Waals surface area (Å²) in [7, 11) is 0. The van der Waals surface area contributed by atoms with Gasteiger partial charge in [-0.15, -0.1) is 11.3 Å². The van der Waals surface area contributed by atoms with Crippen molar-refractivity contribution in [3.05, 3.63) is 199 Å². The van der Waals surface area contributed by atoms with Crippen LogP contribution >= 0.6 is 11.3 Å². The summed E-state index contributed by atoms with van der Waals surface area (Å²) in [5.41, 5.74) is 14.6. The van der Waals surface area contributed by atoms with Crippen LogP contribution in [0.15, 0.2) is 188 Å². The molecule has 0 amide bonds. The zero-order valence-corrected chi connectivity index (χ0v) is 34.4. The highest BCUT2D eigenvalue weighted by Gasteiger charge is 2.36. The van der Waals surface area contributed by atoms with Gasteiger partial charge >= 0.3 is 0 Å². The zero-order valence-electron chi connectivity index (χ0n) is 33.5. The van der Waals surface area contributed by atoms with E-state index in [4.69, 9.17) is 19.9 Å². The quantitative estimate of drug-likeness (QED) is 0.168. The number of aromatic nitrogens is 5. The number of pyridine rings is 1. The highest BCUT2D eigenvalue weighted by molar-refractivity contribution is 7.14. The van der Waals surface area contributed by atoms with E-state index in [1.807, 2.05) is 42.6 Å². The Labute approximate surface area is 357 Å². The molecule has 0 saturated heterocycles. The smallest absolute Gasteiger partial charge is 0.238 e. The minimum Gasteiger partial charge on any atom is -0.278 e. The standard InChI is InChI=1S/C55H37N5S/c1-55(2)46-23-12-11-22-42(46)43-30-45-44-27-37(41-29-51(61-33-41)39-21-13-20-38(26-39)48-28-36-18-9-10-19-40(36)32-56-48)24-25-49(44)60(50(45)31-47(43)55)54-58-52(34-14-5-3-6-15-34)57-53(59-54)35-16-7-4-8-17-35/h3-33H,1-2H3. The fourth-order valence-corrected chi connectivity index (χ4v) is 10.1. The van der Waals surface area contributed by atoms with Crippen LogP contribution < -0.4 is 0 Å². The molecule has 0 spiro atoms. The van der Waals surface area contributed by atoms with Crippen molar-refractivity contribution < 1.29 is 0 Å². The molecule has 12 rings (SSSR count). The summed E-state index contributed by atoms with van der Waals surface area (Å²) in [5, 5.41) is 6.92. The Morgan fingerprint density at radius 1 is 0.459 bits per heavy atom. The molecular weight excluding hydrogens is 763 g/mol. The maximum Gasteiger partial charge on any atom is 0.238 e. The van der Waals surface area contributed by atoms with Crippen molar-refractivity contribution >= 4 is 43.9 Å². The molecule has 288 valence electrons. The molecule has 0 unspecified atom stereocenters. The summed E-state index contributed by atoms with van der Waals surface area (Å²) in [6.45, 7) is 4.67. The predicted octanol–water partition coefficient (Wildman–Crippen LogP) is 14.2. The van der Waals surface area contributed by atoms with E-state index in [0.29, 0.717) is 17.6 Å². The number of hydrogen-bond donors (Lipinski definition) is 0. The van der Waals surface area contributed by atoms with Crippen molar-refractivity contribution in [1.82, 2.24) is 24.5 Å². The van der Waals surface area contributed by atoms with Crippen LogP contribution in [-0.4, -0.2) is 24.5 Å². The van der Waals surface area contributed by atoms with Crippen molar-refractivity contribution in [1.29, 1.82) is 0 Å².